The zero-order chi connectivity index (χ0) is 22.6. The zero-order valence-corrected chi connectivity index (χ0v) is 18.9. The van der Waals surface area contributed by atoms with Gasteiger partial charge in [-0.15, -0.1) is 0 Å². The van der Waals surface area contributed by atoms with Gasteiger partial charge in [-0.05, 0) is 36.6 Å². The molecule has 0 bridgehead atoms. The van der Waals surface area contributed by atoms with Gasteiger partial charge in [-0.2, -0.15) is 0 Å². The Hall–Kier alpha value is -2.87. The molecule has 1 atom stereocenters. The maximum absolute atomic E-state index is 11.6. The van der Waals surface area contributed by atoms with Crippen LogP contribution in [0.25, 0.3) is 0 Å². The summed E-state index contributed by atoms with van der Waals surface area (Å²) in [7, 11) is 0. The van der Waals surface area contributed by atoms with E-state index in [9.17, 15) is 14.4 Å². The molecule has 0 radical (unpaired) electrons. The number of amides is 2. The van der Waals surface area contributed by atoms with Gasteiger partial charge in [0.25, 0.3) is 5.24 Å². The van der Waals surface area contributed by atoms with Crippen LogP contribution in [0.5, 0.6) is 5.75 Å². The molecule has 0 saturated carbocycles. The highest BCUT2D eigenvalue weighted by Crippen LogP contribution is 2.21. The Kier molecular flexibility index (Phi) is 10.0. The van der Waals surface area contributed by atoms with Crippen molar-refractivity contribution in [2.75, 3.05) is 12.4 Å². The molecule has 1 aromatic heterocycles. The zero-order valence-electron chi connectivity index (χ0n) is 18.1. The van der Waals surface area contributed by atoms with Crippen molar-refractivity contribution in [1.82, 2.24) is 10.3 Å². The van der Waals surface area contributed by atoms with E-state index in [0.717, 1.165) is 35.0 Å². The first-order chi connectivity index (χ1) is 14.9. The van der Waals surface area contributed by atoms with E-state index in [1.165, 1.54) is 6.92 Å². The van der Waals surface area contributed by atoms with Crippen molar-refractivity contribution in [3.63, 3.8) is 0 Å². The number of ether oxygens (including phenoxy) is 2. The van der Waals surface area contributed by atoms with E-state index in [0.29, 0.717) is 17.9 Å². The molecule has 31 heavy (non-hydrogen) atoms. The average molecular weight is 445 g/mol. The van der Waals surface area contributed by atoms with Gasteiger partial charge in [0.1, 0.15) is 12.4 Å². The predicted octanol–water partition coefficient (Wildman–Crippen LogP) is 4.25. The topological polar surface area (TPSA) is 94.6 Å². The minimum Gasteiger partial charge on any atom is -0.489 e. The van der Waals surface area contributed by atoms with Crippen LogP contribution in [0.15, 0.2) is 42.6 Å². The lowest BCUT2D eigenvalue weighted by Gasteiger charge is -2.18. The number of imide groups is 1. The van der Waals surface area contributed by atoms with Gasteiger partial charge in [0.15, 0.2) is 6.10 Å². The number of thioether (sulfide) groups is 1. The number of nitrogens with zero attached hydrogens (tertiary/aromatic N) is 1. The summed E-state index contributed by atoms with van der Waals surface area (Å²) in [6.07, 6.45) is 2.97. The Morgan fingerprint density at radius 2 is 1.84 bits per heavy atom. The molecule has 0 saturated heterocycles. The number of aryl methyl sites for hydroxylation is 2. The van der Waals surface area contributed by atoms with Crippen LogP contribution >= 0.6 is 11.8 Å². The smallest absolute Gasteiger partial charge is 0.303 e. The maximum Gasteiger partial charge on any atom is 0.303 e. The molecule has 0 fully saturated rings. The van der Waals surface area contributed by atoms with Gasteiger partial charge >= 0.3 is 5.97 Å². The molecule has 1 N–H and O–H groups in total. The van der Waals surface area contributed by atoms with Crippen molar-refractivity contribution in [3.05, 3.63) is 59.4 Å². The predicted molar refractivity (Wildman–Crippen MR) is 120 cm³/mol. The van der Waals surface area contributed by atoms with Crippen LogP contribution in [0.1, 0.15) is 50.1 Å². The summed E-state index contributed by atoms with van der Waals surface area (Å²) in [5.41, 5.74) is 2.79. The molecule has 0 aliphatic heterocycles. The second kappa shape index (κ2) is 12.7. The molecular formula is C23H28N2O5S. The van der Waals surface area contributed by atoms with E-state index in [1.54, 1.807) is 13.1 Å². The fourth-order valence-corrected chi connectivity index (χ4v) is 3.37. The molecule has 0 aliphatic rings. The average Bonchev–Trinajstić information content (AvgIpc) is 2.77. The Labute approximate surface area is 186 Å². The van der Waals surface area contributed by atoms with Gasteiger partial charge in [0, 0.05) is 36.6 Å². The maximum atomic E-state index is 11.6. The number of aromatic nitrogens is 1. The first-order valence-corrected chi connectivity index (χ1v) is 11.2. The van der Waals surface area contributed by atoms with Crippen molar-refractivity contribution in [2.45, 2.75) is 46.1 Å². The lowest BCUT2D eigenvalue weighted by molar-refractivity contribution is -0.148. The largest absolute Gasteiger partial charge is 0.489 e. The van der Waals surface area contributed by atoms with Crippen LogP contribution in [-0.2, 0) is 27.2 Å². The molecule has 0 unspecified atom stereocenters. The molecule has 0 aliphatic carbocycles. The van der Waals surface area contributed by atoms with E-state index in [4.69, 9.17) is 9.47 Å². The SMILES string of the molecule is CCC(=O)NC(=O)SCCc1ccc(OC[C@H](OC(C)=O)c2ccc(CC)nc2)cc1. The van der Waals surface area contributed by atoms with Crippen LogP contribution in [0.2, 0.25) is 0 Å². The summed E-state index contributed by atoms with van der Waals surface area (Å²) < 4.78 is 11.2. The van der Waals surface area contributed by atoms with E-state index in [-0.39, 0.29) is 30.1 Å². The summed E-state index contributed by atoms with van der Waals surface area (Å²) >= 11 is 1.08. The van der Waals surface area contributed by atoms with Gasteiger partial charge in [0.2, 0.25) is 5.91 Å². The van der Waals surface area contributed by atoms with Crippen LogP contribution in [0, 0.1) is 0 Å². The summed E-state index contributed by atoms with van der Waals surface area (Å²) in [5, 5.41) is 1.98. The quantitative estimate of drug-likeness (QED) is 0.548. The third-order valence-corrected chi connectivity index (χ3v) is 5.17. The number of carbonyl (C=O) groups is 3. The second-order valence-electron chi connectivity index (χ2n) is 6.78. The number of pyridine rings is 1. The Morgan fingerprint density at radius 1 is 1.10 bits per heavy atom. The normalized spacial score (nSPS) is 11.5. The minimum atomic E-state index is -0.545. The van der Waals surface area contributed by atoms with Gasteiger partial charge in [-0.25, -0.2) is 0 Å². The molecule has 0 spiro atoms. The lowest BCUT2D eigenvalue weighted by Crippen LogP contribution is -2.26. The summed E-state index contributed by atoms with van der Waals surface area (Å²) in [6, 6.07) is 11.3. The highest BCUT2D eigenvalue weighted by molar-refractivity contribution is 8.13. The second-order valence-corrected chi connectivity index (χ2v) is 7.84. The molecule has 1 heterocycles. The molecule has 2 rings (SSSR count). The van der Waals surface area contributed by atoms with Gasteiger partial charge < -0.3 is 9.47 Å². The standard InChI is InChI=1S/C23H28N2O5S/c1-4-19-9-8-18(14-24-19)21(30-16(3)26)15-29-20-10-6-17(7-11-20)12-13-31-23(28)25-22(27)5-2/h6-11,14,21H,4-5,12-13,15H2,1-3H3,(H,25,27,28)/t21-/m0/s1. The third-order valence-electron chi connectivity index (χ3n) is 4.40. The number of hydrogen-bond donors (Lipinski definition) is 1. The van der Waals surface area contributed by atoms with Gasteiger partial charge in [0.05, 0.1) is 0 Å². The Morgan fingerprint density at radius 3 is 2.42 bits per heavy atom. The highest BCUT2D eigenvalue weighted by atomic mass is 32.2. The monoisotopic (exact) mass is 444 g/mol. The molecule has 166 valence electrons. The van der Waals surface area contributed by atoms with Crippen LogP contribution in [0.4, 0.5) is 4.79 Å². The number of rotatable bonds is 10. The van der Waals surface area contributed by atoms with Crippen LogP contribution in [0.3, 0.4) is 0 Å². The Balaban J connectivity index is 1.86. The first kappa shape index (κ1) is 24.4. The number of benzene rings is 1. The van der Waals surface area contributed by atoms with E-state index in [1.807, 2.05) is 43.3 Å². The van der Waals surface area contributed by atoms with Crippen LogP contribution < -0.4 is 10.1 Å². The molecule has 2 amide bonds. The van der Waals surface area contributed by atoms with Gasteiger partial charge in [-0.1, -0.05) is 43.8 Å². The van der Waals surface area contributed by atoms with E-state index in [2.05, 4.69) is 10.3 Å². The molecular weight excluding hydrogens is 416 g/mol. The number of nitrogens with one attached hydrogen (secondary N) is 1. The summed E-state index contributed by atoms with van der Waals surface area (Å²) in [5.74, 6) is 0.560. The van der Waals surface area contributed by atoms with Crippen molar-refractivity contribution in [1.29, 1.82) is 0 Å². The number of hydrogen-bond acceptors (Lipinski definition) is 7. The fraction of sp³-hybridized carbons (Fsp3) is 0.391. The van der Waals surface area contributed by atoms with Crippen molar-refractivity contribution >= 4 is 28.9 Å². The molecule has 8 heteroatoms. The van der Waals surface area contributed by atoms with Crippen molar-refractivity contribution < 1.29 is 23.9 Å². The fourth-order valence-electron chi connectivity index (χ4n) is 2.66. The van der Waals surface area contributed by atoms with Gasteiger partial charge in [-0.3, -0.25) is 24.7 Å². The molecule has 2 aromatic rings. The third kappa shape index (κ3) is 8.80. The number of esters is 1. The molecule has 7 nitrogen and oxygen atoms in total. The lowest BCUT2D eigenvalue weighted by atomic mass is 10.1. The Bertz CT molecular complexity index is 869. The van der Waals surface area contributed by atoms with Crippen LogP contribution in [-0.4, -0.2) is 34.5 Å². The summed E-state index contributed by atoms with van der Waals surface area (Å²) in [6.45, 7) is 5.27. The van der Waals surface area contributed by atoms with Crippen molar-refractivity contribution in [3.8, 4) is 5.75 Å². The highest BCUT2D eigenvalue weighted by Gasteiger charge is 2.16. The van der Waals surface area contributed by atoms with E-state index >= 15 is 0 Å². The van der Waals surface area contributed by atoms with E-state index < -0.39 is 6.10 Å². The summed E-state index contributed by atoms with van der Waals surface area (Å²) in [4.78, 5) is 38.6. The first-order valence-electron chi connectivity index (χ1n) is 10.2. The minimum absolute atomic E-state index is 0.174. The molecule has 1 aromatic carbocycles. The number of carbonyl (C=O) groups excluding carboxylic acids is 3. The van der Waals surface area contributed by atoms with Crippen molar-refractivity contribution in [2.24, 2.45) is 0 Å².